The topological polar surface area (TPSA) is 69.6 Å². The molecule has 5 nitrogen and oxygen atoms in total. The Hall–Kier alpha value is -0.970. The van der Waals surface area contributed by atoms with E-state index in [0.717, 1.165) is 23.6 Å². The van der Waals surface area contributed by atoms with Crippen molar-refractivity contribution in [2.75, 3.05) is 0 Å². The van der Waals surface area contributed by atoms with Crippen LogP contribution in [0.4, 0.5) is 0 Å². The van der Waals surface area contributed by atoms with Gasteiger partial charge >= 0.3 is 0 Å². The van der Waals surface area contributed by atoms with Crippen LogP contribution in [0.2, 0.25) is 0 Å². The van der Waals surface area contributed by atoms with E-state index in [1.165, 1.54) is 38.5 Å². The molecule has 2 N–H and O–H groups in total. The van der Waals surface area contributed by atoms with E-state index in [0.29, 0.717) is 0 Å². The van der Waals surface area contributed by atoms with Crippen molar-refractivity contribution >= 4 is 0 Å². The van der Waals surface area contributed by atoms with Crippen LogP contribution in [0.15, 0.2) is 0 Å². The molecule has 0 unspecified atom stereocenters. The summed E-state index contributed by atoms with van der Waals surface area (Å²) < 4.78 is 2.11. The molecule has 1 aromatic rings. The van der Waals surface area contributed by atoms with E-state index in [9.17, 15) is 0 Å². The fraction of sp³-hybridized carbons (Fsp3) is 0.929. The molecule has 0 amide bonds. The van der Waals surface area contributed by atoms with E-state index in [-0.39, 0.29) is 5.54 Å². The van der Waals surface area contributed by atoms with Crippen molar-refractivity contribution in [2.45, 2.75) is 63.5 Å². The zero-order chi connectivity index (χ0) is 13.3. The normalized spacial score (nSPS) is 40.9. The lowest BCUT2D eigenvalue weighted by Gasteiger charge is -2.56. The second-order valence-electron chi connectivity index (χ2n) is 7.78. The third-order valence-electron chi connectivity index (χ3n) is 5.50. The Morgan fingerprint density at radius 3 is 2.11 bits per heavy atom. The molecule has 0 aliphatic heterocycles. The van der Waals surface area contributed by atoms with Gasteiger partial charge in [0.15, 0.2) is 5.82 Å². The van der Waals surface area contributed by atoms with Gasteiger partial charge in [0, 0.05) is 0 Å². The first-order chi connectivity index (χ1) is 8.96. The predicted molar refractivity (Wildman–Crippen MR) is 71.2 cm³/mol. The maximum atomic E-state index is 6.26. The summed E-state index contributed by atoms with van der Waals surface area (Å²) in [4.78, 5) is 0. The highest BCUT2D eigenvalue weighted by atomic mass is 15.6. The smallest absolute Gasteiger partial charge is 0.171 e. The maximum Gasteiger partial charge on any atom is 0.171 e. The summed E-state index contributed by atoms with van der Waals surface area (Å²) in [6.45, 7) is 3.99. The Morgan fingerprint density at radius 1 is 1.11 bits per heavy atom. The third-order valence-corrected chi connectivity index (χ3v) is 5.50. The van der Waals surface area contributed by atoms with Gasteiger partial charge in [0.1, 0.15) is 0 Å². The summed E-state index contributed by atoms with van der Waals surface area (Å²) in [5, 5.41) is 12.5. The monoisotopic (exact) mass is 261 g/mol. The first-order valence-electron chi connectivity index (χ1n) is 7.54. The van der Waals surface area contributed by atoms with Gasteiger partial charge in [-0.15, -0.1) is 5.10 Å². The summed E-state index contributed by atoms with van der Waals surface area (Å²) in [6, 6.07) is 0. The molecule has 5 heteroatoms. The minimum Gasteiger partial charge on any atom is -0.319 e. The van der Waals surface area contributed by atoms with Crippen molar-refractivity contribution in [3.05, 3.63) is 5.82 Å². The number of nitrogens with zero attached hydrogens (tertiary/aromatic N) is 4. The predicted octanol–water partition coefficient (Wildman–Crippen LogP) is 1.79. The Balaban J connectivity index is 1.78. The van der Waals surface area contributed by atoms with Gasteiger partial charge in [-0.05, 0) is 80.6 Å². The van der Waals surface area contributed by atoms with Crippen molar-refractivity contribution in [3.63, 3.8) is 0 Å². The minimum absolute atomic E-state index is 0.171. The van der Waals surface area contributed by atoms with Crippen LogP contribution in [0.25, 0.3) is 0 Å². The van der Waals surface area contributed by atoms with Gasteiger partial charge in [0.25, 0.3) is 0 Å². The molecule has 4 fully saturated rings. The molecule has 4 saturated carbocycles. The molecule has 0 aromatic carbocycles. The average Bonchev–Trinajstić information content (AvgIpc) is 2.75. The second-order valence-corrected chi connectivity index (χ2v) is 7.78. The van der Waals surface area contributed by atoms with Crippen LogP contribution in [0, 0.1) is 17.8 Å². The molecule has 0 saturated heterocycles. The summed E-state index contributed by atoms with van der Waals surface area (Å²) in [5.41, 5.74) is 5.96. The minimum atomic E-state index is -0.465. The highest BCUT2D eigenvalue weighted by molar-refractivity contribution is 5.09. The first kappa shape index (κ1) is 11.8. The lowest BCUT2D eigenvalue weighted by atomic mass is 9.53. The van der Waals surface area contributed by atoms with E-state index < -0.39 is 5.54 Å². The molecule has 1 heterocycles. The van der Waals surface area contributed by atoms with Gasteiger partial charge in [-0.25, -0.2) is 4.68 Å². The molecule has 0 spiro atoms. The zero-order valence-corrected chi connectivity index (χ0v) is 11.8. The Morgan fingerprint density at radius 2 is 1.63 bits per heavy atom. The zero-order valence-electron chi connectivity index (χ0n) is 11.8. The largest absolute Gasteiger partial charge is 0.319 e. The van der Waals surface area contributed by atoms with Gasteiger partial charge in [0.2, 0.25) is 0 Å². The summed E-state index contributed by atoms with van der Waals surface area (Å²) in [5.74, 6) is 3.53. The molecular formula is C14H23N5. The van der Waals surface area contributed by atoms with E-state index >= 15 is 0 Å². The molecule has 5 rings (SSSR count). The first-order valence-corrected chi connectivity index (χ1v) is 7.54. The Bertz CT molecular complexity index is 463. The van der Waals surface area contributed by atoms with E-state index in [1.807, 2.05) is 13.8 Å². The average molecular weight is 261 g/mol. The van der Waals surface area contributed by atoms with Crippen molar-refractivity contribution in [1.82, 2.24) is 20.2 Å². The molecule has 19 heavy (non-hydrogen) atoms. The van der Waals surface area contributed by atoms with E-state index in [1.54, 1.807) is 0 Å². The molecule has 104 valence electrons. The number of hydrogen-bond acceptors (Lipinski definition) is 4. The van der Waals surface area contributed by atoms with Crippen molar-refractivity contribution in [2.24, 2.45) is 23.5 Å². The van der Waals surface area contributed by atoms with Crippen LogP contribution >= 0.6 is 0 Å². The lowest BCUT2D eigenvalue weighted by Crippen LogP contribution is -2.54. The molecule has 4 bridgehead atoms. The fourth-order valence-electron chi connectivity index (χ4n) is 5.23. The van der Waals surface area contributed by atoms with Crippen molar-refractivity contribution in [3.8, 4) is 0 Å². The van der Waals surface area contributed by atoms with E-state index in [2.05, 4.69) is 20.2 Å². The van der Waals surface area contributed by atoms with Crippen LogP contribution in [-0.2, 0) is 11.1 Å². The highest BCUT2D eigenvalue weighted by Crippen LogP contribution is 2.58. The number of hydrogen-bond donors (Lipinski definition) is 1. The number of aromatic nitrogens is 4. The Labute approximate surface area is 113 Å². The molecule has 4 aliphatic rings. The maximum absolute atomic E-state index is 6.26. The molecule has 0 atom stereocenters. The molecular weight excluding hydrogens is 238 g/mol. The summed E-state index contributed by atoms with van der Waals surface area (Å²) >= 11 is 0. The third kappa shape index (κ3) is 1.67. The van der Waals surface area contributed by atoms with E-state index in [4.69, 9.17) is 5.73 Å². The van der Waals surface area contributed by atoms with Crippen LogP contribution < -0.4 is 5.73 Å². The quantitative estimate of drug-likeness (QED) is 0.881. The Kier molecular flexibility index (Phi) is 2.22. The second kappa shape index (κ2) is 3.57. The van der Waals surface area contributed by atoms with Gasteiger partial charge in [0.05, 0.1) is 11.1 Å². The number of nitrogens with two attached hydrogens (primary N) is 1. The lowest BCUT2D eigenvalue weighted by molar-refractivity contribution is -0.0529. The van der Waals surface area contributed by atoms with Gasteiger partial charge in [-0.1, -0.05) is 0 Å². The standard InChI is InChI=1S/C14H23N5/c1-13(2,15)12-16-17-18-19(12)14-6-9-3-10(7-14)5-11(4-9)8-14/h9-11H,3-8,15H2,1-2H3. The van der Waals surface area contributed by atoms with Crippen LogP contribution in [0.5, 0.6) is 0 Å². The SMILES string of the molecule is CC(C)(N)c1nnnn1C12CC3CC(CC(C3)C1)C2. The molecule has 4 aliphatic carbocycles. The van der Waals surface area contributed by atoms with Crippen LogP contribution in [0.1, 0.15) is 58.2 Å². The van der Waals surface area contributed by atoms with Gasteiger partial charge in [-0.2, -0.15) is 0 Å². The molecule has 0 radical (unpaired) electrons. The highest BCUT2D eigenvalue weighted by Gasteiger charge is 2.53. The van der Waals surface area contributed by atoms with Crippen LogP contribution in [0.3, 0.4) is 0 Å². The number of tetrazole rings is 1. The summed E-state index contributed by atoms with van der Waals surface area (Å²) in [7, 11) is 0. The van der Waals surface area contributed by atoms with Gasteiger partial charge in [-0.3, -0.25) is 0 Å². The van der Waals surface area contributed by atoms with Crippen molar-refractivity contribution in [1.29, 1.82) is 0 Å². The fourth-order valence-corrected chi connectivity index (χ4v) is 5.23. The summed E-state index contributed by atoms with van der Waals surface area (Å²) in [6.07, 6.45) is 8.07. The van der Waals surface area contributed by atoms with Gasteiger partial charge < -0.3 is 5.73 Å². The molecule has 1 aromatic heterocycles. The number of rotatable bonds is 2. The van der Waals surface area contributed by atoms with Crippen molar-refractivity contribution < 1.29 is 0 Å². The van der Waals surface area contributed by atoms with Crippen LogP contribution in [-0.4, -0.2) is 20.2 Å².